The van der Waals surface area contributed by atoms with Crippen LogP contribution in [0.5, 0.6) is 5.75 Å². The molecule has 6 radical (unpaired) electrons. The molecule has 1 spiro atoms. The van der Waals surface area contributed by atoms with Crippen LogP contribution in [0.1, 0.15) is 29.7 Å². The van der Waals surface area contributed by atoms with Crippen molar-refractivity contribution in [1.82, 2.24) is 9.88 Å². The third-order valence-corrected chi connectivity index (χ3v) is 7.92. The summed E-state index contributed by atoms with van der Waals surface area (Å²) in [7, 11) is 18.5. The minimum absolute atomic E-state index is 0.0767. The third-order valence-electron chi connectivity index (χ3n) is 7.68. The molecule has 192 valence electrons. The molecule has 2 aromatic carbocycles. The number of rotatable bonds is 5. The zero-order chi connectivity index (χ0) is 28.0. The van der Waals surface area contributed by atoms with Gasteiger partial charge in [-0.3, -0.25) is 9.88 Å². The van der Waals surface area contributed by atoms with Crippen LogP contribution in [0.25, 0.3) is 11.3 Å². The highest BCUT2D eigenvalue weighted by atomic mass is 35.5. The number of fused-ring (bicyclic) bond motifs is 2. The summed E-state index contributed by atoms with van der Waals surface area (Å²) in [6, 6.07) is 18.7. The van der Waals surface area contributed by atoms with E-state index in [0.29, 0.717) is 28.4 Å². The normalized spacial score (nSPS) is 18.7. The van der Waals surface area contributed by atoms with Crippen LogP contribution in [-0.2, 0) is 12.0 Å². The van der Waals surface area contributed by atoms with E-state index < -0.39 is 11.1 Å². The Morgan fingerprint density at radius 2 is 1.79 bits per heavy atom. The fraction of sp³-hybridized carbons (Fsp3) is 0.357. The Morgan fingerprint density at radius 3 is 2.49 bits per heavy atom. The van der Waals surface area contributed by atoms with E-state index in [-0.39, 0.29) is 11.2 Å². The van der Waals surface area contributed by atoms with Gasteiger partial charge in [0.15, 0.2) is 13.5 Å². The van der Waals surface area contributed by atoms with Gasteiger partial charge in [-0.05, 0) is 61.9 Å². The molecular weight excluding hydrogens is 508 g/mol. The van der Waals surface area contributed by atoms with Gasteiger partial charge < -0.3 is 19.8 Å². The van der Waals surface area contributed by atoms with Crippen LogP contribution in [0, 0.1) is 11.3 Å². The molecule has 0 bridgehead atoms. The van der Waals surface area contributed by atoms with E-state index in [0.717, 1.165) is 43.9 Å². The van der Waals surface area contributed by atoms with E-state index in [1.54, 1.807) is 24.3 Å². The van der Waals surface area contributed by atoms with Gasteiger partial charge in [0.05, 0.1) is 22.6 Å². The molecule has 2 aliphatic heterocycles. The summed E-state index contributed by atoms with van der Waals surface area (Å²) in [5.74, 6) is 0.174. The summed E-state index contributed by atoms with van der Waals surface area (Å²) in [4.78, 5) is 9.55. The van der Waals surface area contributed by atoms with E-state index >= 15 is 0 Å². The molecule has 2 N–H and O–H groups in total. The minimum Gasteiger partial charge on any atom is -0.470 e. The first-order valence-corrected chi connectivity index (χ1v) is 13.0. The Kier molecular flexibility index (Phi) is 7.23. The zero-order valence-electron chi connectivity index (χ0n) is 21.6. The SMILES string of the molecule is [B]C([B])(O)C([B])(O)Oc1ccccc1-c1ccc2c(n1)CN(C)CC21CCN(c2ccc(Cl)cc2C#N)CC1. The fourth-order valence-electron chi connectivity index (χ4n) is 5.66. The molecule has 5 rings (SSSR count). The predicted octanol–water partition coefficient (Wildman–Crippen LogP) is 2.43. The van der Waals surface area contributed by atoms with E-state index in [4.69, 9.17) is 44.9 Å². The molecule has 3 aromatic rings. The molecule has 0 amide bonds. The summed E-state index contributed by atoms with van der Waals surface area (Å²) in [5, 5.41) is 27.6. The second kappa shape index (κ2) is 10.2. The summed E-state index contributed by atoms with van der Waals surface area (Å²) < 4.78 is 5.45. The van der Waals surface area contributed by atoms with Crippen molar-refractivity contribution < 1.29 is 14.9 Å². The van der Waals surface area contributed by atoms with Crippen LogP contribution >= 0.6 is 11.6 Å². The lowest BCUT2D eigenvalue weighted by Gasteiger charge is -2.48. The van der Waals surface area contributed by atoms with Crippen molar-refractivity contribution in [3.8, 4) is 23.1 Å². The van der Waals surface area contributed by atoms with Gasteiger partial charge >= 0.3 is 0 Å². The zero-order valence-corrected chi connectivity index (χ0v) is 22.4. The van der Waals surface area contributed by atoms with Gasteiger partial charge in [0.2, 0.25) is 0 Å². The lowest BCUT2D eigenvalue weighted by Crippen LogP contribution is -2.60. The number of piperidine rings is 1. The Bertz CT molecular complexity index is 1430. The van der Waals surface area contributed by atoms with Crippen molar-refractivity contribution >= 4 is 40.8 Å². The van der Waals surface area contributed by atoms with Crippen LogP contribution in [0.4, 0.5) is 5.69 Å². The molecule has 39 heavy (non-hydrogen) atoms. The first kappa shape index (κ1) is 27.6. The smallest absolute Gasteiger partial charge is 0.174 e. The van der Waals surface area contributed by atoms with Gasteiger partial charge in [-0.15, -0.1) is 0 Å². The molecule has 0 aliphatic carbocycles. The topological polar surface area (TPSA) is 92.8 Å². The Balaban J connectivity index is 1.44. The highest BCUT2D eigenvalue weighted by Gasteiger charge is 2.42. The standard InChI is InChI=1S/C28H26B3ClN4O3/c1-35-16-23-21(26(17-35)10-12-36(13-11-26)24-9-6-19(32)14-18(24)15-33)7-8-22(34-23)20-4-2-3-5-25(20)39-28(31,38)27(29,30)37/h2-9,14,37-38H,10-13,16-17H2,1H3. The summed E-state index contributed by atoms with van der Waals surface area (Å²) in [5.41, 5.74) is 2.06. The van der Waals surface area contributed by atoms with Gasteiger partial charge in [-0.1, -0.05) is 29.8 Å². The number of nitrogens with zero attached hydrogens (tertiary/aromatic N) is 4. The van der Waals surface area contributed by atoms with E-state index in [2.05, 4.69) is 29.0 Å². The first-order valence-electron chi connectivity index (χ1n) is 12.7. The Labute approximate surface area is 237 Å². The molecular formula is C28H26B3ClN4O3. The number of halogens is 1. The number of hydrogen-bond donors (Lipinski definition) is 2. The fourth-order valence-corrected chi connectivity index (χ4v) is 5.83. The molecule has 1 saturated heterocycles. The van der Waals surface area contributed by atoms with Crippen molar-refractivity contribution in [3.05, 3.63) is 76.4 Å². The van der Waals surface area contributed by atoms with Gasteiger partial charge in [-0.2, -0.15) is 5.26 Å². The van der Waals surface area contributed by atoms with Gasteiger partial charge in [0.25, 0.3) is 0 Å². The highest BCUT2D eigenvalue weighted by molar-refractivity contribution is 6.43. The number of ether oxygens (including phenoxy) is 1. The monoisotopic (exact) mass is 534 g/mol. The summed E-state index contributed by atoms with van der Waals surface area (Å²) in [6.07, 6.45) is 1.81. The molecule has 0 saturated carbocycles. The Morgan fingerprint density at radius 1 is 1.08 bits per heavy atom. The largest absolute Gasteiger partial charge is 0.470 e. The number of aliphatic hydroxyl groups is 2. The van der Waals surface area contributed by atoms with Crippen LogP contribution in [-0.4, -0.2) is 81.4 Å². The average molecular weight is 534 g/mol. The molecule has 1 unspecified atom stereocenters. The number of pyridine rings is 1. The minimum atomic E-state index is -2.73. The van der Waals surface area contributed by atoms with E-state index in [1.165, 1.54) is 5.56 Å². The second-order valence-corrected chi connectivity index (χ2v) is 11.0. The summed E-state index contributed by atoms with van der Waals surface area (Å²) in [6.45, 7) is 3.20. The third kappa shape index (κ3) is 5.29. The van der Waals surface area contributed by atoms with Crippen molar-refractivity contribution in [3.63, 3.8) is 0 Å². The molecule has 2 aliphatic rings. The lowest BCUT2D eigenvalue weighted by atomic mass is 9.54. The average Bonchev–Trinajstić information content (AvgIpc) is 2.88. The maximum Gasteiger partial charge on any atom is 0.174 e. The van der Waals surface area contributed by atoms with E-state index in [9.17, 15) is 15.5 Å². The second-order valence-electron chi connectivity index (χ2n) is 10.5. The number of nitriles is 1. The lowest BCUT2D eigenvalue weighted by molar-refractivity contribution is -0.130. The molecule has 11 heteroatoms. The number of likely N-dealkylation sites (N-methyl/N-ethyl adjacent to an activating group) is 1. The molecule has 1 atom stereocenters. The van der Waals surface area contributed by atoms with Crippen molar-refractivity contribution in [2.45, 2.75) is 35.9 Å². The maximum atomic E-state index is 10.3. The maximum absolute atomic E-state index is 10.3. The molecule has 3 heterocycles. The van der Waals surface area contributed by atoms with Crippen LogP contribution in [0.3, 0.4) is 0 Å². The number of para-hydroxylation sites is 1. The molecule has 7 nitrogen and oxygen atoms in total. The molecule has 1 aromatic heterocycles. The van der Waals surface area contributed by atoms with Crippen molar-refractivity contribution in [2.24, 2.45) is 0 Å². The van der Waals surface area contributed by atoms with Gasteiger partial charge in [0, 0.05) is 47.6 Å². The molecule has 1 fully saturated rings. The number of benzene rings is 2. The summed E-state index contributed by atoms with van der Waals surface area (Å²) >= 11 is 6.11. The van der Waals surface area contributed by atoms with Crippen LogP contribution in [0.15, 0.2) is 54.6 Å². The van der Waals surface area contributed by atoms with Crippen molar-refractivity contribution in [1.29, 1.82) is 5.26 Å². The van der Waals surface area contributed by atoms with Gasteiger partial charge in [0.1, 0.15) is 27.5 Å². The number of anilines is 1. The highest BCUT2D eigenvalue weighted by Crippen LogP contribution is 2.43. The first-order chi connectivity index (χ1) is 18.4. The Hall–Kier alpha value is -2.96. The van der Waals surface area contributed by atoms with Crippen molar-refractivity contribution in [2.75, 3.05) is 31.6 Å². The van der Waals surface area contributed by atoms with Crippen LogP contribution < -0.4 is 9.64 Å². The van der Waals surface area contributed by atoms with Crippen LogP contribution in [0.2, 0.25) is 5.02 Å². The quantitative estimate of drug-likeness (QED) is 0.384. The number of hydrogen-bond acceptors (Lipinski definition) is 7. The predicted molar refractivity (Wildman–Crippen MR) is 153 cm³/mol. The number of aromatic nitrogens is 1. The van der Waals surface area contributed by atoms with E-state index in [1.807, 2.05) is 24.3 Å². The van der Waals surface area contributed by atoms with Gasteiger partial charge in [-0.25, -0.2) is 0 Å².